The zero-order valence-electron chi connectivity index (χ0n) is 17.9. The molecule has 5 nitrogen and oxygen atoms in total. The smallest absolute Gasteiger partial charge is 0.309 e. The molecule has 1 saturated carbocycles. The Labute approximate surface area is 175 Å². The van der Waals surface area contributed by atoms with E-state index in [0.717, 1.165) is 71.2 Å². The van der Waals surface area contributed by atoms with Crippen molar-refractivity contribution in [2.24, 2.45) is 5.92 Å². The van der Waals surface area contributed by atoms with Crippen molar-refractivity contribution in [1.29, 1.82) is 0 Å². The van der Waals surface area contributed by atoms with Gasteiger partial charge in [0.25, 0.3) is 0 Å². The van der Waals surface area contributed by atoms with Gasteiger partial charge in [-0.1, -0.05) is 24.6 Å². The fourth-order valence-corrected chi connectivity index (χ4v) is 4.43. The predicted molar refractivity (Wildman–Crippen MR) is 117 cm³/mol. The van der Waals surface area contributed by atoms with Crippen LogP contribution >= 0.6 is 0 Å². The van der Waals surface area contributed by atoms with Gasteiger partial charge in [0.2, 0.25) is 0 Å². The number of esters is 1. The number of carbonyl (C=O) groups is 1. The van der Waals surface area contributed by atoms with Crippen molar-refractivity contribution in [2.45, 2.75) is 44.6 Å². The number of hydrogen-bond acceptors (Lipinski definition) is 5. The molecule has 1 heterocycles. The Hall–Kier alpha value is -1.85. The van der Waals surface area contributed by atoms with Crippen LogP contribution in [0.2, 0.25) is 0 Å². The number of nitrogens with zero attached hydrogens (tertiary/aromatic N) is 2. The molecule has 5 heteroatoms. The highest BCUT2D eigenvalue weighted by atomic mass is 16.5. The summed E-state index contributed by atoms with van der Waals surface area (Å²) in [7, 11) is 1.73. The van der Waals surface area contributed by atoms with E-state index >= 15 is 0 Å². The second-order valence-electron chi connectivity index (χ2n) is 8.23. The summed E-state index contributed by atoms with van der Waals surface area (Å²) in [5.41, 5.74) is 2.62. The van der Waals surface area contributed by atoms with Crippen molar-refractivity contribution in [1.82, 2.24) is 4.90 Å². The molecule has 2 fully saturated rings. The van der Waals surface area contributed by atoms with Gasteiger partial charge in [-0.2, -0.15) is 0 Å². The standard InChI is InChI=1S/C24H36N2O3/c1-3-7-20-8-4-10-22(18-20)26-15-13-25(14-16-26)12-6-17-29-24(27)21-9-5-11-23(19-21)28-2/h3-4,8,10,18,21,23H,1,5-7,9,11-17,19H2,2H3. The molecule has 0 amide bonds. The average molecular weight is 401 g/mol. The normalized spacial score (nSPS) is 23.0. The van der Waals surface area contributed by atoms with Gasteiger partial charge in [0, 0.05) is 45.5 Å². The van der Waals surface area contributed by atoms with E-state index in [1.54, 1.807) is 7.11 Å². The number of allylic oxidation sites excluding steroid dienone is 1. The summed E-state index contributed by atoms with van der Waals surface area (Å²) in [6, 6.07) is 8.76. The number of methoxy groups -OCH3 is 1. The van der Waals surface area contributed by atoms with Crippen LogP contribution in [0.3, 0.4) is 0 Å². The van der Waals surface area contributed by atoms with Crippen molar-refractivity contribution >= 4 is 11.7 Å². The molecule has 160 valence electrons. The summed E-state index contributed by atoms with van der Waals surface area (Å²) in [4.78, 5) is 17.2. The third-order valence-corrected chi connectivity index (χ3v) is 6.18. The van der Waals surface area contributed by atoms with Crippen molar-refractivity contribution in [2.75, 3.05) is 51.3 Å². The number of ether oxygens (including phenoxy) is 2. The molecule has 3 rings (SSSR count). The Morgan fingerprint density at radius 3 is 2.83 bits per heavy atom. The lowest BCUT2D eigenvalue weighted by Crippen LogP contribution is -2.46. The molecular formula is C24H36N2O3. The Morgan fingerprint density at radius 2 is 2.07 bits per heavy atom. The second kappa shape index (κ2) is 11.4. The van der Waals surface area contributed by atoms with Gasteiger partial charge in [0.1, 0.15) is 0 Å². The van der Waals surface area contributed by atoms with Crippen molar-refractivity contribution in [3.63, 3.8) is 0 Å². The first-order valence-electron chi connectivity index (χ1n) is 11.1. The fraction of sp³-hybridized carbons (Fsp3) is 0.625. The van der Waals surface area contributed by atoms with Crippen LogP contribution in [0.15, 0.2) is 36.9 Å². The van der Waals surface area contributed by atoms with Crippen LogP contribution in [0.4, 0.5) is 5.69 Å². The van der Waals surface area contributed by atoms with Crippen LogP contribution in [0, 0.1) is 5.92 Å². The maximum atomic E-state index is 12.3. The lowest BCUT2D eigenvalue weighted by atomic mass is 9.87. The summed E-state index contributed by atoms with van der Waals surface area (Å²) in [6.07, 6.45) is 7.85. The van der Waals surface area contributed by atoms with E-state index in [-0.39, 0.29) is 18.0 Å². The summed E-state index contributed by atoms with van der Waals surface area (Å²) >= 11 is 0. The Bertz CT molecular complexity index is 655. The summed E-state index contributed by atoms with van der Waals surface area (Å²) < 4.78 is 11.0. The van der Waals surface area contributed by atoms with E-state index in [2.05, 4.69) is 40.6 Å². The van der Waals surface area contributed by atoms with Crippen LogP contribution in [0.1, 0.15) is 37.7 Å². The van der Waals surface area contributed by atoms with E-state index in [1.807, 2.05) is 6.08 Å². The van der Waals surface area contributed by atoms with Crippen LogP contribution in [-0.4, -0.2) is 63.4 Å². The van der Waals surface area contributed by atoms with Gasteiger partial charge >= 0.3 is 5.97 Å². The number of rotatable bonds is 9. The van der Waals surface area contributed by atoms with Gasteiger partial charge in [-0.3, -0.25) is 9.69 Å². The van der Waals surface area contributed by atoms with E-state index in [9.17, 15) is 4.79 Å². The van der Waals surface area contributed by atoms with Crippen LogP contribution < -0.4 is 4.90 Å². The van der Waals surface area contributed by atoms with Crippen molar-refractivity contribution < 1.29 is 14.3 Å². The Balaban J connectivity index is 1.32. The van der Waals surface area contributed by atoms with E-state index in [4.69, 9.17) is 9.47 Å². The SMILES string of the molecule is C=CCc1cccc(N2CCN(CCCOC(=O)C3CCCC(OC)C3)CC2)c1. The van der Waals surface area contributed by atoms with Crippen molar-refractivity contribution in [3.05, 3.63) is 42.5 Å². The number of benzene rings is 1. The molecule has 2 atom stereocenters. The minimum absolute atomic E-state index is 0.0223. The summed E-state index contributed by atoms with van der Waals surface area (Å²) in [5.74, 6) is -0.00919. The molecule has 0 spiro atoms. The minimum Gasteiger partial charge on any atom is -0.465 e. The molecule has 0 radical (unpaired) electrons. The quantitative estimate of drug-likeness (QED) is 0.359. The molecule has 1 aliphatic heterocycles. The number of piperazine rings is 1. The molecule has 1 saturated heterocycles. The van der Waals surface area contributed by atoms with Crippen LogP contribution in [0.25, 0.3) is 0 Å². The van der Waals surface area contributed by atoms with Crippen molar-refractivity contribution in [3.8, 4) is 0 Å². The van der Waals surface area contributed by atoms with Crippen LogP contribution in [0.5, 0.6) is 0 Å². The molecule has 2 aliphatic rings. The van der Waals surface area contributed by atoms with Gasteiger partial charge in [0.05, 0.1) is 18.6 Å². The zero-order valence-corrected chi connectivity index (χ0v) is 17.9. The van der Waals surface area contributed by atoms with Crippen LogP contribution in [-0.2, 0) is 20.7 Å². The third kappa shape index (κ3) is 6.58. The highest BCUT2D eigenvalue weighted by Crippen LogP contribution is 2.27. The highest BCUT2D eigenvalue weighted by molar-refractivity contribution is 5.72. The summed E-state index contributed by atoms with van der Waals surface area (Å²) in [6.45, 7) is 9.53. The van der Waals surface area contributed by atoms with Gasteiger partial charge in [-0.25, -0.2) is 0 Å². The molecular weight excluding hydrogens is 364 g/mol. The lowest BCUT2D eigenvalue weighted by Gasteiger charge is -2.36. The predicted octanol–water partition coefficient (Wildman–Crippen LogP) is 3.68. The first-order valence-corrected chi connectivity index (χ1v) is 11.1. The van der Waals surface area contributed by atoms with Gasteiger partial charge in [-0.05, 0) is 49.8 Å². The number of carbonyl (C=O) groups excluding carboxylic acids is 1. The second-order valence-corrected chi connectivity index (χ2v) is 8.23. The highest BCUT2D eigenvalue weighted by Gasteiger charge is 2.28. The molecule has 1 aromatic rings. The molecule has 0 N–H and O–H groups in total. The monoisotopic (exact) mass is 400 g/mol. The topological polar surface area (TPSA) is 42.0 Å². The van der Waals surface area contributed by atoms with E-state index < -0.39 is 0 Å². The Kier molecular flexibility index (Phi) is 8.56. The number of anilines is 1. The first-order chi connectivity index (χ1) is 14.2. The average Bonchev–Trinajstić information content (AvgIpc) is 2.77. The minimum atomic E-state index is -0.0315. The molecule has 0 aromatic heterocycles. The number of hydrogen-bond donors (Lipinski definition) is 0. The third-order valence-electron chi connectivity index (χ3n) is 6.18. The largest absolute Gasteiger partial charge is 0.465 e. The lowest BCUT2D eigenvalue weighted by molar-refractivity contribution is -0.151. The molecule has 29 heavy (non-hydrogen) atoms. The zero-order chi connectivity index (χ0) is 20.5. The molecule has 0 bridgehead atoms. The van der Waals surface area contributed by atoms with Gasteiger partial charge in [-0.15, -0.1) is 6.58 Å². The van der Waals surface area contributed by atoms with Gasteiger partial charge in [0.15, 0.2) is 0 Å². The maximum absolute atomic E-state index is 12.3. The van der Waals surface area contributed by atoms with Gasteiger partial charge < -0.3 is 14.4 Å². The first kappa shape index (κ1) is 21.8. The molecule has 1 aromatic carbocycles. The van der Waals surface area contributed by atoms with E-state index in [1.165, 1.54) is 11.3 Å². The van der Waals surface area contributed by atoms with E-state index in [0.29, 0.717) is 6.61 Å². The maximum Gasteiger partial charge on any atom is 0.309 e. The molecule has 2 unspecified atom stereocenters. The molecule has 1 aliphatic carbocycles. The Morgan fingerprint density at radius 1 is 1.24 bits per heavy atom. The summed E-state index contributed by atoms with van der Waals surface area (Å²) in [5, 5.41) is 0. The fourth-order valence-electron chi connectivity index (χ4n) is 4.43.